The van der Waals surface area contributed by atoms with E-state index in [1.807, 2.05) is 0 Å². The van der Waals surface area contributed by atoms with Crippen LogP contribution in [0.5, 0.6) is 11.5 Å². The molecule has 1 fully saturated rings. The first-order valence-corrected chi connectivity index (χ1v) is 14.7. The number of aromatic nitrogens is 5. The first-order valence-electron chi connectivity index (χ1n) is 12.7. The summed E-state index contributed by atoms with van der Waals surface area (Å²) in [5, 5.41) is 57.3. The number of tetrazole rings is 1. The van der Waals surface area contributed by atoms with Gasteiger partial charge in [0.15, 0.2) is 22.3 Å². The summed E-state index contributed by atoms with van der Waals surface area (Å²) in [5.74, 6) is -4.42. The average Bonchev–Trinajstić information content (AvgIpc) is 3.65. The Morgan fingerprint density at radius 1 is 1.26 bits per heavy atom. The number of oxime groups is 1. The maximum absolute atomic E-state index is 13.3. The summed E-state index contributed by atoms with van der Waals surface area (Å²) >= 11 is 2.19. The molecule has 238 valence electrons. The molecule has 2 aliphatic heterocycles. The number of benzene rings is 1. The van der Waals surface area contributed by atoms with Gasteiger partial charge in [0.25, 0.3) is 17.7 Å². The average molecular weight is 685 g/mol. The third kappa shape index (κ3) is 6.78. The molecule has 2 atom stereocenters. The number of fused-ring (bicyclic) bond motifs is 1. The van der Waals surface area contributed by atoms with Crippen LogP contribution in [0.15, 0.2) is 40.0 Å². The normalized spacial score (nSPS) is 17.8. The van der Waals surface area contributed by atoms with Gasteiger partial charge in [0, 0.05) is 16.7 Å². The maximum atomic E-state index is 13.3. The van der Waals surface area contributed by atoms with Crippen LogP contribution in [-0.4, -0.2) is 103 Å². The predicted octanol–water partition coefficient (Wildman–Crippen LogP) is -3.65. The number of phenols is 2. The van der Waals surface area contributed by atoms with Gasteiger partial charge in [-0.1, -0.05) is 5.16 Å². The smallest absolute Gasteiger partial charge is 1.00 e. The van der Waals surface area contributed by atoms with Gasteiger partial charge in [-0.05, 0) is 42.8 Å². The number of hydroxylamine groups is 1. The predicted molar refractivity (Wildman–Crippen MR) is 156 cm³/mol. The Kier molecular flexibility index (Phi) is 10.2. The van der Waals surface area contributed by atoms with Crippen molar-refractivity contribution < 1.29 is 75.5 Å². The van der Waals surface area contributed by atoms with Crippen molar-refractivity contribution in [3.8, 4) is 22.9 Å². The van der Waals surface area contributed by atoms with Crippen molar-refractivity contribution in [2.24, 2.45) is 5.16 Å². The number of phenolic OH excluding ortho intramolecular Hbond substituents is 2. The van der Waals surface area contributed by atoms with E-state index < -0.39 is 46.4 Å². The molecular weight excluding hydrogens is 659 g/mol. The van der Waals surface area contributed by atoms with Crippen LogP contribution in [0.4, 0.5) is 5.13 Å². The van der Waals surface area contributed by atoms with Gasteiger partial charge in [0.2, 0.25) is 11.4 Å². The van der Waals surface area contributed by atoms with Gasteiger partial charge in [0.1, 0.15) is 22.8 Å². The number of anilines is 1. The Labute approximate surface area is 290 Å². The second-order valence-corrected chi connectivity index (χ2v) is 12.0. The second-order valence-electron chi connectivity index (χ2n) is 10.0. The van der Waals surface area contributed by atoms with Crippen molar-refractivity contribution in [2.75, 3.05) is 11.5 Å². The van der Waals surface area contributed by atoms with E-state index in [2.05, 4.69) is 30.9 Å². The number of hydrogen-bond donors (Lipinski definition) is 7. The summed E-state index contributed by atoms with van der Waals surface area (Å²) in [6, 6.07) is 2.81. The number of thiazole rings is 1. The van der Waals surface area contributed by atoms with Crippen LogP contribution in [-0.2, 0) is 30.6 Å². The fourth-order valence-corrected chi connectivity index (χ4v) is 6.09. The molecular formula is C24H25N10NaO9S2. The molecule has 1 aromatic carbocycles. The minimum Gasteiger partial charge on any atom is -1.00 e. The molecule has 0 aliphatic carbocycles. The molecule has 0 radical (unpaired) electrons. The fraction of sp³-hybridized carbons (Fsp3) is 0.292. The van der Waals surface area contributed by atoms with Crippen LogP contribution in [0.1, 0.15) is 21.0 Å². The number of thioether (sulfide) groups is 1. The van der Waals surface area contributed by atoms with Crippen LogP contribution in [0.2, 0.25) is 0 Å². The van der Waals surface area contributed by atoms with E-state index in [4.69, 9.17) is 15.8 Å². The molecule has 46 heavy (non-hydrogen) atoms. The van der Waals surface area contributed by atoms with Crippen molar-refractivity contribution in [3.63, 3.8) is 0 Å². The zero-order valence-electron chi connectivity index (χ0n) is 25.2. The number of carbonyl (C=O) groups excluding carboxylic acids is 3. The molecule has 22 heteroatoms. The Morgan fingerprint density at radius 2 is 2.00 bits per heavy atom. The number of carboxylic acid groups (broad SMARTS) is 1. The zero-order valence-corrected chi connectivity index (χ0v) is 27.9. The van der Waals surface area contributed by atoms with Crippen molar-refractivity contribution in [1.82, 2.24) is 40.9 Å². The van der Waals surface area contributed by atoms with Crippen LogP contribution in [0.3, 0.4) is 0 Å². The van der Waals surface area contributed by atoms with Gasteiger partial charge in [-0.25, -0.2) is 15.3 Å². The zero-order chi connectivity index (χ0) is 32.6. The third-order valence-electron chi connectivity index (χ3n) is 6.55. The van der Waals surface area contributed by atoms with Crippen molar-refractivity contribution >= 4 is 57.6 Å². The Hall–Kier alpha value is -4.28. The largest absolute Gasteiger partial charge is 1.00 e. The van der Waals surface area contributed by atoms with Crippen molar-refractivity contribution in [2.45, 2.75) is 37.4 Å². The molecule has 0 spiro atoms. The summed E-state index contributed by atoms with van der Waals surface area (Å²) in [4.78, 5) is 62.1. The fourth-order valence-electron chi connectivity index (χ4n) is 4.21. The molecule has 8 N–H and O–H groups in total. The van der Waals surface area contributed by atoms with E-state index in [9.17, 15) is 34.5 Å². The van der Waals surface area contributed by atoms with E-state index in [0.29, 0.717) is 11.1 Å². The van der Waals surface area contributed by atoms with Crippen LogP contribution >= 0.6 is 23.1 Å². The number of carboxylic acids is 1. The Balaban J connectivity index is 0.00000300. The van der Waals surface area contributed by atoms with Gasteiger partial charge >= 0.3 is 35.5 Å². The second kappa shape index (κ2) is 13.6. The van der Waals surface area contributed by atoms with E-state index in [-0.39, 0.29) is 77.1 Å². The van der Waals surface area contributed by atoms with Crippen molar-refractivity contribution in [1.29, 1.82) is 0 Å². The van der Waals surface area contributed by atoms with Gasteiger partial charge in [-0.3, -0.25) is 24.5 Å². The number of hydrogen-bond acceptors (Lipinski definition) is 16. The van der Waals surface area contributed by atoms with Gasteiger partial charge in [-0.2, -0.15) is 4.80 Å². The van der Waals surface area contributed by atoms with E-state index >= 15 is 0 Å². The maximum Gasteiger partial charge on any atom is 1.00 e. The summed E-state index contributed by atoms with van der Waals surface area (Å²) in [5.41, 5.74) is 5.36. The van der Waals surface area contributed by atoms with Crippen molar-refractivity contribution in [3.05, 3.63) is 40.5 Å². The Morgan fingerprint density at radius 3 is 2.63 bits per heavy atom. The number of nitrogens with one attached hydrogen (secondary N) is 2. The molecule has 5 rings (SSSR count). The summed E-state index contributed by atoms with van der Waals surface area (Å²) in [6.45, 7) is 2.43. The number of aliphatic carboxylic acids is 1. The topological polar surface area (TPSA) is 281 Å². The molecule has 3 amide bonds. The SMILES string of the molecule is CC(C)(O/N=C(\C(=O)N[C@@H]1C(=O)N2C(C(=O)O)=C(Cn3nnc(-c4ccc(O)c(O)c4)n3)CS[C@H]12)c1csc(N)n1)C(=O)NO.[H-].[Na+]. The molecule has 0 saturated carbocycles. The monoisotopic (exact) mass is 684 g/mol. The van der Waals surface area contributed by atoms with E-state index in [0.717, 1.165) is 21.0 Å². The summed E-state index contributed by atoms with van der Waals surface area (Å²) < 4.78 is 0. The molecule has 4 heterocycles. The van der Waals surface area contributed by atoms with E-state index in [1.165, 1.54) is 54.7 Å². The quantitative estimate of drug-likeness (QED) is 0.0271. The number of amides is 3. The molecule has 3 aromatic rings. The number of aromatic hydroxyl groups is 2. The van der Waals surface area contributed by atoms with Gasteiger partial charge in [0.05, 0.1) is 6.54 Å². The van der Waals surface area contributed by atoms with E-state index in [1.54, 1.807) is 0 Å². The Bertz CT molecular complexity index is 1780. The number of nitrogens with zero attached hydrogens (tertiary/aromatic N) is 7. The number of β-lactam (4-membered cyclic amide) rings is 1. The minimum atomic E-state index is -1.70. The van der Waals surface area contributed by atoms with Crippen LogP contribution in [0, 0.1) is 0 Å². The molecule has 1 saturated heterocycles. The summed E-state index contributed by atoms with van der Waals surface area (Å²) in [6.07, 6.45) is 0. The summed E-state index contributed by atoms with van der Waals surface area (Å²) in [7, 11) is 0. The number of nitrogens with two attached hydrogens (primary N) is 1. The number of nitrogen functional groups attached to an aromatic ring is 1. The van der Waals surface area contributed by atoms with Crippen LogP contribution < -0.4 is 46.1 Å². The number of carbonyl (C=O) groups is 4. The molecule has 0 bridgehead atoms. The first-order chi connectivity index (χ1) is 21.3. The third-order valence-corrected chi connectivity index (χ3v) is 8.56. The number of rotatable bonds is 10. The van der Waals surface area contributed by atoms with Gasteiger partial charge in [-0.15, -0.1) is 33.3 Å². The molecule has 2 aromatic heterocycles. The molecule has 2 aliphatic rings. The minimum absolute atomic E-state index is 0. The van der Waals surface area contributed by atoms with Gasteiger partial charge < -0.3 is 32.6 Å². The molecule has 19 nitrogen and oxygen atoms in total. The van der Waals surface area contributed by atoms with Crippen LogP contribution in [0.25, 0.3) is 11.4 Å². The standard InChI is InChI=1S/C24H24N10O9S2.Na.H/c1-24(2,22(41)30-42)43-31-14(11-8-45-23(25)26-11)18(37)27-15-19(38)34-16(21(39)40)10(7-44-20(15)34)6-33-29-17(28-32-33)9-3-4-12(35)13(36)5-9;;/h3-5,8,15,20,35-36,42H,6-7H2,1-2H3,(H2,25,26)(H,27,37)(H,30,41)(H,39,40);;/q;+1;-1/b31-14-;;/t15-,20-;;/m1../s1. The first kappa shape index (κ1) is 34.6. The molecule has 0 unspecified atom stereocenters.